The van der Waals surface area contributed by atoms with Crippen LogP contribution in [-0.4, -0.2) is 20.9 Å². The first kappa shape index (κ1) is 11.6. The summed E-state index contributed by atoms with van der Waals surface area (Å²) in [4.78, 5) is 31.3. The summed E-state index contributed by atoms with van der Waals surface area (Å²) in [6.45, 7) is 1.89. The highest BCUT2D eigenvalue weighted by molar-refractivity contribution is 9.10. The molecule has 2 heterocycles. The number of nitrogens with one attached hydrogen (secondary N) is 3. The molecule has 0 aliphatic rings. The average Bonchev–Trinajstić information content (AvgIpc) is 2.70. The van der Waals surface area contributed by atoms with Crippen molar-refractivity contribution < 1.29 is 4.79 Å². The highest BCUT2D eigenvalue weighted by Crippen LogP contribution is 2.17. The summed E-state index contributed by atoms with van der Waals surface area (Å²) in [5.74, 6) is 0.00956. The van der Waals surface area contributed by atoms with Crippen LogP contribution in [0.25, 0.3) is 0 Å². The Morgan fingerprint density at radius 1 is 1.53 bits per heavy atom. The lowest BCUT2D eigenvalue weighted by atomic mass is 10.3. The van der Waals surface area contributed by atoms with Gasteiger partial charge in [-0.2, -0.15) is 0 Å². The third kappa shape index (κ3) is 2.62. The molecule has 7 heteroatoms. The van der Waals surface area contributed by atoms with Crippen molar-refractivity contribution in [3.05, 3.63) is 44.7 Å². The van der Waals surface area contributed by atoms with Crippen molar-refractivity contribution in [1.29, 1.82) is 0 Å². The lowest BCUT2D eigenvalue weighted by molar-refractivity contribution is 0.102. The van der Waals surface area contributed by atoms with E-state index in [4.69, 9.17) is 0 Å². The molecule has 1 amide bonds. The molecular weight excluding hydrogens is 288 g/mol. The zero-order chi connectivity index (χ0) is 12.4. The van der Waals surface area contributed by atoms with Crippen LogP contribution in [0.3, 0.4) is 0 Å². The molecule has 0 bridgehead atoms. The number of hydrogen-bond acceptors (Lipinski definition) is 3. The van der Waals surface area contributed by atoms with Gasteiger partial charge in [-0.05, 0) is 34.5 Å². The van der Waals surface area contributed by atoms with Crippen molar-refractivity contribution in [3.8, 4) is 0 Å². The first-order valence-electron chi connectivity index (χ1n) is 4.77. The van der Waals surface area contributed by atoms with Gasteiger partial charge in [0.25, 0.3) is 5.91 Å². The second kappa shape index (κ2) is 4.54. The summed E-state index contributed by atoms with van der Waals surface area (Å²) >= 11 is 3.32. The molecule has 6 nitrogen and oxygen atoms in total. The molecule has 0 radical (unpaired) electrons. The van der Waals surface area contributed by atoms with Crippen LogP contribution in [-0.2, 0) is 0 Å². The van der Waals surface area contributed by atoms with Gasteiger partial charge < -0.3 is 15.3 Å². The van der Waals surface area contributed by atoms with E-state index in [9.17, 15) is 9.59 Å². The largest absolute Gasteiger partial charge is 0.323 e. The number of hydrogen-bond donors (Lipinski definition) is 3. The number of nitrogens with zero attached hydrogens (tertiary/aromatic N) is 1. The number of aromatic amines is 2. The van der Waals surface area contributed by atoms with E-state index in [0.717, 1.165) is 10.0 Å². The number of carbonyl (C=O) groups is 1. The van der Waals surface area contributed by atoms with Gasteiger partial charge in [-0.1, -0.05) is 0 Å². The van der Waals surface area contributed by atoms with Crippen molar-refractivity contribution in [2.45, 2.75) is 6.92 Å². The Balaban J connectivity index is 2.18. The van der Waals surface area contributed by atoms with Crippen molar-refractivity contribution in [1.82, 2.24) is 15.0 Å². The van der Waals surface area contributed by atoms with E-state index < -0.39 is 11.6 Å². The number of amides is 1. The predicted molar refractivity (Wildman–Crippen MR) is 66.0 cm³/mol. The zero-order valence-corrected chi connectivity index (χ0v) is 10.5. The highest BCUT2D eigenvalue weighted by atomic mass is 79.9. The molecule has 0 atom stereocenters. The van der Waals surface area contributed by atoms with Gasteiger partial charge in [-0.3, -0.25) is 4.79 Å². The summed E-state index contributed by atoms with van der Waals surface area (Å²) < 4.78 is 0.866. The topological polar surface area (TPSA) is 90.6 Å². The van der Waals surface area contributed by atoms with Crippen LogP contribution in [0.15, 0.2) is 27.7 Å². The second-order valence-corrected chi connectivity index (χ2v) is 4.28. The molecule has 2 aromatic rings. The van der Waals surface area contributed by atoms with Gasteiger partial charge in [0.15, 0.2) is 0 Å². The molecule has 0 spiro atoms. The Bertz CT molecular complexity index is 617. The molecule has 88 valence electrons. The molecule has 17 heavy (non-hydrogen) atoms. The quantitative estimate of drug-likeness (QED) is 0.783. The van der Waals surface area contributed by atoms with E-state index in [1.165, 1.54) is 6.20 Å². The molecule has 0 aromatic carbocycles. The van der Waals surface area contributed by atoms with E-state index in [2.05, 4.69) is 36.2 Å². The number of H-pyrrole nitrogens is 2. The number of carbonyl (C=O) groups excluding carboxylic acids is 1. The number of anilines is 1. The zero-order valence-electron chi connectivity index (χ0n) is 8.87. The fraction of sp³-hybridized carbons (Fsp3) is 0.100. The fourth-order valence-electron chi connectivity index (χ4n) is 1.25. The van der Waals surface area contributed by atoms with Gasteiger partial charge in [0.2, 0.25) is 0 Å². The maximum atomic E-state index is 11.7. The minimum absolute atomic E-state index is 0.164. The number of halogens is 1. The van der Waals surface area contributed by atoms with Gasteiger partial charge in [0.05, 0.1) is 0 Å². The molecule has 2 aromatic heterocycles. The van der Waals surface area contributed by atoms with Crippen LogP contribution in [0.2, 0.25) is 0 Å². The number of aromatic nitrogens is 3. The Morgan fingerprint density at radius 2 is 2.29 bits per heavy atom. The monoisotopic (exact) mass is 296 g/mol. The molecular formula is C10H9BrN4O2. The average molecular weight is 297 g/mol. The smallest absolute Gasteiger partial charge is 0.312 e. The van der Waals surface area contributed by atoms with E-state index in [1.807, 2.05) is 6.92 Å². The number of rotatable bonds is 2. The van der Waals surface area contributed by atoms with Crippen molar-refractivity contribution >= 4 is 27.7 Å². The van der Waals surface area contributed by atoms with Crippen LogP contribution >= 0.6 is 15.9 Å². The van der Waals surface area contributed by atoms with Gasteiger partial charge >= 0.3 is 5.69 Å². The predicted octanol–water partition coefficient (Wildman–Crippen LogP) is 1.42. The minimum atomic E-state index is -0.421. The van der Waals surface area contributed by atoms with Crippen molar-refractivity contribution in [2.75, 3.05) is 5.32 Å². The normalized spacial score (nSPS) is 10.2. The summed E-state index contributed by atoms with van der Waals surface area (Å²) in [7, 11) is 0. The number of aryl methyl sites for hydroxylation is 1. The molecule has 0 saturated carbocycles. The first-order chi connectivity index (χ1) is 8.06. The third-order valence-electron chi connectivity index (χ3n) is 2.13. The molecule has 0 saturated heterocycles. The molecule has 0 unspecified atom stereocenters. The van der Waals surface area contributed by atoms with Gasteiger partial charge in [-0.25, -0.2) is 9.78 Å². The summed E-state index contributed by atoms with van der Waals surface area (Å²) in [6.07, 6.45) is 2.91. The standard InChI is InChI=1S/C10H9BrN4O2/c1-5-2-8(12-3-6(5)11)15-9(16)7-4-13-10(17)14-7/h2-4H,1H3,(H,12,15,16)(H2,13,14,17). The minimum Gasteiger partial charge on any atom is -0.312 e. The Hall–Kier alpha value is -1.89. The first-order valence-corrected chi connectivity index (χ1v) is 5.57. The summed E-state index contributed by atoms with van der Waals surface area (Å²) in [5, 5.41) is 2.58. The van der Waals surface area contributed by atoms with Crippen LogP contribution in [0.5, 0.6) is 0 Å². The van der Waals surface area contributed by atoms with E-state index in [1.54, 1.807) is 12.3 Å². The van der Waals surface area contributed by atoms with Gasteiger partial charge in [0.1, 0.15) is 11.5 Å². The summed E-state index contributed by atoms with van der Waals surface area (Å²) in [5.41, 5.74) is 0.699. The third-order valence-corrected chi connectivity index (χ3v) is 2.96. The van der Waals surface area contributed by atoms with Gasteiger partial charge in [0, 0.05) is 16.9 Å². The Morgan fingerprint density at radius 3 is 2.88 bits per heavy atom. The Labute approximate surface area is 105 Å². The summed E-state index contributed by atoms with van der Waals surface area (Å²) in [6, 6.07) is 1.73. The lowest BCUT2D eigenvalue weighted by Gasteiger charge is -2.04. The molecule has 2 rings (SSSR count). The molecule has 0 aliphatic heterocycles. The van der Waals surface area contributed by atoms with Crippen LogP contribution < -0.4 is 11.0 Å². The number of imidazole rings is 1. The fourth-order valence-corrected chi connectivity index (χ4v) is 1.46. The van der Waals surface area contributed by atoms with E-state index in [0.29, 0.717) is 5.82 Å². The molecule has 0 fully saturated rings. The van der Waals surface area contributed by atoms with E-state index in [-0.39, 0.29) is 5.69 Å². The lowest BCUT2D eigenvalue weighted by Crippen LogP contribution is -2.14. The maximum absolute atomic E-state index is 11.7. The van der Waals surface area contributed by atoms with Gasteiger partial charge in [-0.15, -0.1) is 0 Å². The SMILES string of the molecule is Cc1cc(NC(=O)c2c[nH]c(=O)[nH]2)ncc1Br. The van der Waals surface area contributed by atoms with Crippen molar-refractivity contribution in [2.24, 2.45) is 0 Å². The highest BCUT2D eigenvalue weighted by Gasteiger charge is 2.09. The molecule has 0 aliphatic carbocycles. The Kier molecular flexibility index (Phi) is 3.10. The van der Waals surface area contributed by atoms with E-state index >= 15 is 0 Å². The molecule has 3 N–H and O–H groups in total. The van der Waals surface area contributed by atoms with Crippen molar-refractivity contribution in [3.63, 3.8) is 0 Å². The van der Waals surface area contributed by atoms with Crippen LogP contribution in [0.4, 0.5) is 5.82 Å². The number of pyridine rings is 1. The van der Waals surface area contributed by atoms with Crippen LogP contribution in [0.1, 0.15) is 16.1 Å². The second-order valence-electron chi connectivity index (χ2n) is 3.43. The maximum Gasteiger partial charge on any atom is 0.323 e. The van der Waals surface area contributed by atoms with Crippen LogP contribution in [0, 0.1) is 6.92 Å².